The summed E-state index contributed by atoms with van der Waals surface area (Å²) in [6.07, 6.45) is -0.529. The minimum Gasteiger partial charge on any atom is -0.484 e. The number of rotatable bonds is 4. The molecule has 0 aliphatic carbocycles. The van der Waals surface area contributed by atoms with Crippen molar-refractivity contribution < 1.29 is 19.1 Å². The van der Waals surface area contributed by atoms with Crippen LogP contribution in [0, 0.1) is 13.8 Å². The zero-order chi connectivity index (χ0) is 18.0. The van der Waals surface area contributed by atoms with Crippen molar-refractivity contribution in [3.63, 3.8) is 0 Å². The van der Waals surface area contributed by atoms with Crippen LogP contribution in [0.15, 0.2) is 36.4 Å². The molecule has 1 aliphatic rings. The van der Waals surface area contributed by atoms with Crippen molar-refractivity contribution >= 4 is 23.2 Å². The van der Waals surface area contributed by atoms with Crippen LogP contribution in [0.1, 0.15) is 18.1 Å². The van der Waals surface area contributed by atoms with Crippen molar-refractivity contribution in [1.82, 2.24) is 0 Å². The lowest BCUT2D eigenvalue weighted by atomic mass is 10.1. The predicted octanol–water partition coefficient (Wildman–Crippen LogP) is 3.04. The van der Waals surface area contributed by atoms with E-state index in [9.17, 15) is 9.59 Å². The normalized spacial score (nSPS) is 15.6. The molecule has 25 heavy (non-hydrogen) atoms. The first-order valence-electron chi connectivity index (χ1n) is 8.03. The van der Waals surface area contributed by atoms with Crippen LogP contribution in [-0.2, 0) is 9.59 Å². The van der Waals surface area contributed by atoms with Crippen LogP contribution in [-0.4, -0.2) is 24.5 Å². The van der Waals surface area contributed by atoms with E-state index in [0.29, 0.717) is 22.9 Å². The Balaban J connectivity index is 1.61. The summed E-state index contributed by atoms with van der Waals surface area (Å²) in [7, 11) is 0. The highest BCUT2D eigenvalue weighted by Gasteiger charge is 2.23. The van der Waals surface area contributed by atoms with Crippen LogP contribution >= 0.6 is 0 Å². The van der Waals surface area contributed by atoms with Crippen LogP contribution in [0.4, 0.5) is 11.4 Å². The smallest absolute Gasteiger partial charge is 0.265 e. The lowest BCUT2D eigenvalue weighted by molar-refractivity contribution is -0.122. The maximum Gasteiger partial charge on any atom is 0.265 e. The molecule has 0 bridgehead atoms. The quantitative estimate of drug-likeness (QED) is 0.897. The Labute approximate surface area is 146 Å². The first-order chi connectivity index (χ1) is 11.9. The first kappa shape index (κ1) is 16.8. The van der Waals surface area contributed by atoms with Crippen molar-refractivity contribution in [2.24, 2.45) is 0 Å². The number of carbonyl (C=O) groups excluding carboxylic acids is 2. The van der Waals surface area contributed by atoms with E-state index >= 15 is 0 Å². The number of nitrogens with one attached hydrogen (secondary N) is 2. The Morgan fingerprint density at radius 2 is 1.92 bits per heavy atom. The number of hydrogen-bond acceptors (Lipinski definition) is 4. The highest BCUT2D eigenvalue weighted by atomic mass is 16.5. The molecule has 6 heteroatoms. The fourth-order valence-electron chi connectivity index (χ4n) is 2.65. The Morgan fingerprint density at radius 3 is 2.64 bits per heavy atom. The first-order valence-corrected chi connectivity index (χ1v) is 8.03. The number of amides is 2. The van der Waals surface area contributed by atoms with Crippen molar-refractivity contribution in [3.8, 4) is 11.5 Å². The third kappa shape index (κ3) is 4.09. The summed E-state index contributed by atoms with van der Waals surface area (Å²) in [5.74, 6) is 0.744. The summed E-state index contributed by atoms with van der Waals surface area (Å²) >= 11 is 0. The maximum absolute atomic E-state index is 12.1. The number of hydrogen-bond donors (Lipinski definition) is 2. The van der Waals surface area contributed by atoms with Gasteiger partial charge in [0.2, 0.25) is 0 Å². The molecular formula is C19H20N2O4. The highest BCUT2D eigenvalue weighted by Crippen LogP contribution is 2.32. The second kappa shape index (κ2) is 6.84. The maximum atomic E-state index is 12.1. The second-order valence-electron chi connectivity index (χ2n) is 6.12. The van der Waals surface area contributed by atoms with Gasteiger partial charge in [-0.25, -0.2) is 0 Å². The summed E-state index contributed by atoms with van der Waals surface area (Å²) in [4.78, 5) is 23.7. The third-order valence-corrected chi connectivity index (χ3v) is 3.76. The number of fused-ring (bicyclic) bond motifs is 1. The molecule has 0 aromatic heterocycles. The van der Waals surface area contributed by atoms with Gasteiger partial charge < -0.3 is 20.1 Å². The van der Waals surface area contributed by atoms with E-state index in [1.165, 1.54) is 0 Å². The molecule has 0 radical (unpaired) electrons. The standard InChI is InChI=1S/C19H20N2O4/c1-11-6-12(2)8-15(7-11)24-10-18(22)20-14-4-5-17-16(9-14)21-19(23)13(3)25-17/h4-9,13H,10H2,1-3H3,(H,20,22)(H,21,23)/t13-/m1/s1. The zero-order valence-corrected chi connectivity index (χ0v) is 14.4. The summed E-state index contributed by atoms with van der Waals surface area (Å²) in [6.45, 7) is 5.53. The van der Waals surface area contributed by atoms with E-state index in [2.05, 4.69) is 10.6 Å². The highest BCUT2D eigenvalue weighted by molar-refractivity contribution is 5.99. The summed E-state index contributed by atoms with van der Waals surface area (Å²) < 4.78 is 11.0. The molecular weight excluding hydrogens is 320 g/mol. The largest absolute Gasteiger partial charge is 0.484 e. The molecule has 0 saturated heterocycles. The fraction of sp³-hybridized carbons (Fsp3) is 0.263. The van der Waals surface area contributed by atoms with Gasteiger partial charge >= 0.3 is 0 Å². The molecule has 2 N–H and O–H groups in total. The molecule has 3 rings (SSSR count). The number of anilines is 2. The molecule has 0 saturated carbocycles. The molecule has 6 nitrogen and oxygen atoms in total. The number of carbonyl (C=O) groups is 2. The van der Waals surface area contributed by atoms with Crippen molar-refractivity contribution in [2.75, 3.05) is 17.2 Å². The fourth-order valence-corrected chi connectivity index (χ4v) is 2.65. The minimum absolute atomic E-state index is 0.0973. The molecule has 2 aromatic rings. The van der Waals surface area contributed by atoms with Crippen molar-refractivity contribution in [2.45, 2.75) is 26.9 Å². The Bertz CT molecular complexity index is 812. The summed E-state index contributed by atoms with van der Waals surface area (Å²) in [5.41, 5.74) is 3.26. The average Bonchev–Trinajstić information content (AvgIpc) is 2.53. The van der Waals surface area contributed by atoms with E-state index in [0.717, 1.165) is 11.1 Å². The molecule has 0 fully saturated rings. The van der Waals surface area contributed by atoms with Gasteiger partial charge in [0.05, 0.1) is 5.69 Å². The predicted molar refractivity (Wildman–Crippen MR) is 95.2 cm³/mol. The summed E-state index contributed by atoms with van der Waals surface area (Å²) in [6, 6.07) is 10.9. The van der Waals surface area contributed by atoms with Gasteiger partial charge in [0.15, 0.2) is 12.7 Å². The monoisotopic (exact) mass is 340 g/mol. The van der Waals surface area contributed by atoms with Crippen LogP contribution in [0.5, 0.6) is 11.5 Å². The van der Waals surface area contributed by atoms with Gasteiger partial charge in [0, 0.05) is 5.69 Å². The van der Waals surface area contributed by atoms with E-state index in [4.69, 9.17) is 9.47 Å². The minimum atomic E-state index is -0.529. The zero-order valence-electron chi connectivity index (χ0n) is 14.4. The van der Waals surface area contributed by atoms with Gasteiger partial charge in [-0.15, -0.1) is 0 Å². The molecule has 1 aliphatic heterocycles. The van der Waals surface area contributed by atoms with Gasteiger partial charge in [0.1, 0.15) is 11.5 Å². The Hall–Kier alpha value is -3.02. The third-order valence-electron chi connectivity index (χ3n) is 3.76. The van der Waals surface area contributed by atoms with Gasteiger partial charge in [-0.1, -0.05) is 6.07 Å². The molecule has 2 aromatic carbocycles. The number of aryl methyl sites for hydroxylation is 2. The topological polar surface area (TPSA) is 76.7 Å². The second-order valence-corrected chi connectivity index (χ2v) is 6.12. The average molecular weight is 340 g/mol. The van der Waals surface area contributed by atoms with Gasteiger partial charge in [-0.2, -0.15) is 0 Å². The summed E-state index contributed by atoms with van der Waals surface area (Å²) in [5, 5.41) is 5.49. The number of benzene rings is 2. The number of ether oxygens (including phenoxy) is 2. The van der Waals surface area contributed by atoms with E-state index in [-0.39, 0.29) is 18.4 Å². The van der Waals surface area contributed by atoms with E-state index in [1.54, 1.807) is 25.1 Å². The van der Waals surface area contributed by atoms with Crippen molar-refractivity contribution in [3.05, 3.63) is 47.5 Å². The Morgan fingerprint density at radius 1 is 1.20 bits per heavy atom. The molecule has 0 spiro atoms. The molecule has 2 amide bonds. The molecule has 0 unspecified atom stereocenters. The van der Waals surface area contributed by atoms with E-state index < -0.39 is 6.10 Å². The van der Waals surface area contributed by atoms with Crippen LogP contribution < -0.4 is 20.1 Å². The lowest BCUT2D eigenvalue weighted by Gasteiger charge is -2.23. The Kier molecular flexibility index (Phi) is 4.61. The molecule has 1 heterocycles. The van der Waals surface area contributed by atoms with Crippen LogP contribution in [0.3, 0.4) is 0 Å². The van der Waals surface area contributed by atoms with E-state index in [1.807, 2.05) is 32.0 Å². The van der Waals surface area contributed by atoms with Gasteiger partial charge in [0.25, 0.3) is 11.8 Å². The van der Waals surface area contributed by atoms with Crippen molar-refractivity contribution in [1.29, 1.82) is 0 Å². The van der Waals surface area contributed by atoms with Gasteiger partial charge in [-0.05, 0) is 62.2 Å². The SMILES string of the molecule is Cc1cc(C)cc(OCC(=O)Nc2ccc3c(c2)NC(=O)[C@@H](C)O3)c1. The van der Waals surface area contributed by atoms with Crippen LogP contribution in [0.2, 0.25) is 0 Å². The lowest BCUT2D eigenvalue weighted by Crippen LogP contribution is -2.34. The van der Waals surface area contributed by atoms with Crippen LogP contribution in [0.25, 0.3) is 0 Å². The van der Waals surface area contributed by atoms with Gasteiger partial charge in [-0.3, -0.25) is 9.59 Å². The molecule has 130 valence electrons. The molecule has 1 atom stereocenters.